The van der Waals surface area contributed by atoms with E-state index >= 15 is 0 Å². The third-order valence-corrected chi connectivity index (χ3v) is 7.81. The third kappa shape index (κ3) is 8.68. The maximum atomic E-state index is 10.9. The summed E-state index contributed by atoms with van der Waals surface area (Å²) in [5, 5.41) is 21.8. The zero-order valence-electron chi connectivity index (χ0n) is 25.7. The Bertz CT molecular complexity index is 1150. The molecule has 0 atom stereocenters. The number of nitrogens with zero attached hydrogens (tertiary/aromatic N) is 2. The second-order valence-electron chi connectivity index (χ2n) is 12.9. The van der Waals surface area contributed by atoms with Crippen LogP contribution in [0.4, 0.5) is 0 Å². The molecule has 4 nitrogen and oxygen atoms in total. The van der Waals surface area contributed by atoms with E-state index in [4.69, 9.17) is 9.98 Å². The van der Waals surface area contributed by atoms with E-state index in [1.54, 1.807) is 0 Å². The minimum Gasteiger partial charge on any atom is -0.507 e. The molecule has 0 amide bonds. The van der Waals surface area contributed by atoms with Crippen molar-refractivity contribution < 1.29 is 27.0 Å². The van der Waals surface area contributed by atoms with Gasteiger partial charge in [0.2, 0.25) is 0 Å². The van der Waals surface area contributed by atoms with E-state index in [9.17, 15) is 10.2 Å². The molecule has 1 radical (unpaired) electrons. The number of rotatable bonds is 7. The van der Waals surface area contributed by atoms with Crippen LogP contribution < -0.4 is 0 Å². The SMILES string of the molecule is CCc1cc(C(C)(C)C)cc(C=NCC2(N=Cc3cc(C(C)(C)C)cc(CC)c3O)CCCCC2)c1O.[CH3-].[Co]. The number of hydrogen-bond acceptors (Lipinski definition) is 4. The quantitative estimate of drug-likeness (QED) is 0.256. The zero-order valence-corrected chi connectivity index (χ0v) is 26.8. The summed E-state index contributed by atoms with van der Waals surface area (Å²) >= 11 is 0. The minimum absolute atomic E-state index is 0. The number of aryl methyl sites for hydroxylation is 2. The zero-order chi connectivity index (χ0) is 27.4. The van der Waals surface area contributed by atoms with Gasteiger partial charge >= 0.3 is 0 Å². The second kappa shape index (κ2) is 14.0. The van der Waals surface area contributed by atoms with Crippen molar-refractivity contribution in [1.29, 1.82) is 0 Å². The number of aliphatic imine (C=N–C) groups is 2. The van der Waals surface area contributed by atoms with Gasteiger partial charge in [0.1, 0.15) is 11.5 Å². The van der Waals surface area contributed by atoms with E-state index in [1.165, 1.54) is 17.5 Å². The molecule has 0 saturated heterocycles. The van der Waals surface area contributed by atoms with Crippen molar-refractivity contribution in [1.82, 2.24) is 0 Å². The summed E-state index contributed by atoms with van der Waals surface area (Å²) in [6.45, 7) is 17.9. The number of phenols is 2. The summed E-state index contributed by atoms with van der Waals surface area (Å²) in [5.41, 5.74) is 5.62. The van der Waals surface area contributed by atoms with Crippen molar-refractivity contribution in [2.75, 3.05) is 6.54 Å². The molecule has 1 fully saturated rings. The molecule has 0 bridgehead atoms. The molecular weight excluding hydrogens is 527 g/mol. The summed E-state index contributed by atoms with van der Waals surface area (Å²) < 4.78 is 0. The molecule has 39 heavy (non-hydrogen) atoms. The topological polar surface area (TPSA) is 65.2 Å². The van der Waals surface area contributed by atoms with E-state index in [0.717, 1.165) is 60.8 Å². The molecule has 5 heteroatoms. The van der Waals surface area contributed by atoms with Gasteiger partial charge in [-0.25, -0.2) is 0 Å². The van der Waals surface area contributed by atoms with Crippen LogP contribution in [-0.2, 0) is 40.5 Å². The Hall–Kier alpha value is -2.11. The molecular formula is C34H51CoN2O2-. The van der Waals surface area contributed by atoms with E-state index in [-0.39, 0.29) is 40.6 Å². The van der Waals surface area contributed by atoms with Crippen molar-refractivity contribution >= 4 is 12.4 Å². The molecule has 0 spiro atoms. The Morgan fingerprint density at radius 2 is 1.18 bits per heavy atom. The van der Waals surface area contributed by atoms with Crippen LogP contribution in [0.25, 0.3) is 0 Å². The molecule has 0 aromatic heterocycles. The molecule has 0 unspecified atom stereocenters. The Labute approximate surface area is 248 Å². The number of aromatic hydroxyl groups is 2. The molecule has 0 heterocycles. The molecule has 0 aliphatic heterocycles. The van der Waals surface area contributed by atoms with Crippen LogP contribution >= 0.6 is 0 Å². The van der Waals surface area contributed by atoms with Crippen LogP contribution in [0.3, 0.4) is 0 Å². The van der Waals surface area contributed by atoms with Crippen molar-refractivity contribution in [3.8, 4) is 11.5 Å². The fourth-order valence-corrected chi connectivity index (χ4v) is 5.10. The van der Waals surface area contributed by atoms with Gasteiger partial charge in [-0.3, -0.25) is 9.98 Å². The molecule has 1 aliphatic carbocycles. The third-order valence-electron chi connectivity index (χ3n) is 7.81. The summed E-state index contributed by atoms with van der Waals surface area (Å²) in [6, 6.07) is 8.38. The fourth-order valence-electron chi connectivity index (χ4n) is 5.10. The van der Waals surface area contributed by atoms with Gasteiger partial charge in [0, 0.05) is 40.3 Å². The normalized spacial score (nSPS) is 15.8. The van der Waals surface area contributed by atoms with E-state index in [1.807, 2.05) is 12.4 Å². The number of benzene rings is 2. The van der Waals surface area contributed by atoms with E-state index < -0.39 is 0 Å². The Morgan fingerprint density at radius 1 is 0.744 bits per heavy atom. The first-order valence-corrected chi connectivity index (χ1v) is 14.1. The predicted octanol–water partition coefficient (Wildman–Crippen LogP) is 8.51. The summed E-state index contributed by atoms with van der Waals surface area (Å²) in [4.78, 5) is 9.99. The molecule has 1 saturated carbocycles. The maximum absolute atomic E-state index is 10.9. The molecule has 1 aliphatic rings. The van der Waals surface area contributed by atoms with Crippen LogP contribution in [-0.4, -0.2) is 34.7 Å². The Kier molecular flexibility index (Phi) is 12.5. The van der Waals surface area contributed by atoms with Crippen LogP contribution in [0, 0.1) is 7.43 Å². The first kappa shape index (κ1) is 34.9. The number of hydrogen-bond donors (Lipinski definition) is 2. The molecule has 2 aromatic carbocycles. The Balaban J connectivity index is 0.00000380. The van der Waals surface area contributed by atoms with Crippen LogP contribution in [0.1, 0.15) is 121 Å². The average Bonchev–Trinajstić information content (AvgIpc) is 2.83. The van der Waals surface area contributed by atoms with E-state index in [2.05, 4.69) is 79.7 Å². The van der Waals surface area contributed by atoms with Crippen molar-refractivity contribution in [3.63, 3.8) is 0 Å². The number of phenolic OH excluding ortho intramolecular Hbond substituents is 2. The minimum atomic E-state index is -0.282. The summed E-state index contributed by atoms with van der Waals surface area (Å²) in [6.07, 6.45) is 10.7. The van der Waals surface area contributed by atoms with Gasteiger partial charge in [0.15, 0.2) is 0 Å². The monoisotopic (exact) mass is 578 g/mol. The largest absolute Gasteiger partial charge is 0.507 e. The van der Waals surface area contributed by atoms with E-state index in [0.29, 0.717) is 18.0 Å². The standard InChI is InChI=1S/C33H48N2O2.CH3.Co/c1-9-23-16-27(31(3,4)5)18-25(29(23)36)20-34-22-33(14-12-11-13-15-33)35-21-26-19-28(32(6,7)8)17-24(10-2)30(26)37;;/h16-21,36-37H,9-15,22H2,1-8H3;1H3;/q;-1;. The van der Waals surface area contributed by atoms with Crippen LogP contribution in [0.5, 0.6) is 11.5 Å². The van der Waals surface area contributed by atoms with Gasteiger partial charge in [0.05, 0.1) is 12.1 Å². The van der Waals surface area contributed by atoms with Crippen molar-refractivity contribution in [2.45, 2.75) is 117 Å². The second-order valence-corrected chi connectivity index (χ2v) is 12.9. The molecule has 2 aromatic rings. The van der Waals surface area contributed by atoms with Gasteiger partial charge in [-0.1, -0.05) is 86.8 Å². The van der Waals surface area contributed by atoms with Gasteiger partial charge < -0.3 is 17.6 Å². The molecule has 2 N–H and O–H groups in total. The fraction of sp³-hybridized carbons (Fsp3) is 0.559. The van der Waals surface area contributed by atoms with Crippen molar-refractivity contribution in [2.24, 2.45) is 9.98 Å². The van der Waals surface area contributed by atoms with Gasteiger partial charge in [-0.2, -0.15) is 0 Å². The van der Waals surface area contributed by atoms with Crippen molar-refractivity contribution in [3.05, 3.63) is 65.1 Å². The summed E-state index contributed by atoms with van der Waals surface area (Å²) in [5.74, 6) is 0.668. The average molecular weight is 579 g/mol. The maximum Gasteiger partial charge on any atom is 0.127 e. The van der Waals surface area contributed by atoms with Gasteiger partial charge in [-0.15, -0.1) is 0 Å². The van der Waals surface area contributed by atoms with Crippen LogP contribution in [0.15, 0.2) is 34.3 Å². The predicted molar refractivity (Wildman–Crippen MR) is 165 cm³/mol. The first-order valence-electron chi connectivity index (χ1n) is 14.1. The van der Waals surface area contributed by atoms with Crippen LogP contribution in [0.2, 0.25) is 0 Å². The smallest absolute Gasteiger partial charge is 0.127 e. The molecule has 3 rings (SSSR count). The Morgan fingerprint density at radius 3 is 1.59 bits per heavy atom. The van der Waals surface area contributed by atoms with Gasteiger partial charge in [0.25, 0.3) is 0 Å². The summed E-state index contributed by atoms with van der Waals surface area (Å²) in [7, 11) is 0. The molecule has 219 valence electrons. The first-order chi connectivity index (χ1) is 17.3. The van der Waals surface area contributed by atoms with Gasteiger partial charge in [-0.05, 0) is 70.9 Å².